The Kier molecular flexibility index (Phi) is 7.33. The summed E-state index contributed by atoms with van der Waals surface area (Å²) in [6.07, 6.45) is 2.24. The summed E-state index contributed by atoms with van der Waals surface area (Å²) in [6.45, 7) is 2.11. The third-order valence-electron chi connectivity index (χ3n) is 3.03. The molecule has 1 atom stereocenters. The summed E-state index contributed by atoms with van der Waals surface area (Å²) in [5.41, 5.74) is -2.98. The monoisotopic (exact) mass is 394 g/mol. The number of phenolic OH excluding ortho intramolecular Hbond substituents is 1. The van der Waals surface area contributed by atoms with Crippen molar-refractivity contribution in [2.45, 2.75) is 23.1 Å². The van der Waals surface area contributed by atoms with Crippen molar-refractivity contribution in [3.63, 3.8) is 0 Å². The van der Waals surface area contributed by atoms with Crippen LogP contribution in [0.25, 0.3) is 0 Å². The summed E-state index contributed by atoms with van der Waals surface area (Å²) in [6, 6.07) is 16.2. The van der Waals surface area contributed by atoms with Gasteiger partial charge in [-0.05, 0) is 31.2 Å². The Hall–Kier alpha value is -1.71. The Morgan fingerprint density at radius 3 is 1.88 bits per heavy atom. The van der Waals surface area contributed by atoms with Gasteiger partial charge in [0.25, 0.3) is 0 Å². The molecule has 0 bridgehead atoms. The second-order valence-electron chi connectivity index (χ2n) is 5.16. The summed E-state index contributed by atoms with van der Waals surface area (Å²) < 4.78 is 58.9. The molecule has 2 aromatic rings. The predicted octanol–water partition coefficient (Wildman–Crippen LogP) is 3.56. The highest BCUT2D eigenvalue weighted by Crippen LogP contribution is 2.21. The zero-order chi connectivity index (χ0) is 19.3. The molecule has 1 N–H and O–H groups in total. The molecule has 138 valence electrons. The Bertz CT molecular complexity index is 771. The Labute approximate surface area is 147 Å². The molecule has 0 aliphatic heterocycles. The summed E-state index contributed by atoms with van der Waals surface area (Å²) in [7, 11) is -5.90. The first-order valence-corrected chi connectivity index (χ1v) is 10.1. The van der Waals surface area contributed by atoms with E-state index in [9.17, 15) is 18.3 Å². The highest BCUT2D eigenvalue weighted by molar-refractivity contribution is 7.95. The molecule has 0 heterocycles. The fourth-order valence-electron chi connectivity index (χ4n) is 1.70. The average molecular weight is 394 g/mol. The number of rotatable bonds is 3. The van der Waals surface area contributed by atoms with Crippen LogP contribution in [0.5, 0.6) is 5.75 Å². The molecule has 1 unspecified atom stereocenters. The molecule has 0 aliphatic carbocycles. The Morgan fingerprint density at radius 1 is 1.04 bits per heavy atom. The molecule has 0 radical (unpaired) electrons. The van der Waals surface area contributed by atoms with Gasteiger partial charge in [-0.2, -0.15) is 13.2 Å². The van der Waals surface area contributed by atoms with E-state index in [1.165, 1.54) is 16.0 Å². The zero-order valence-electron chi connectivity index (χ0n) is 13.4. The van der Waals surface area contributed by atoms with Crippen molar-refractivity contribution in [3.05, 3.63) is 59.7 Å². The highest BCUT2D eigenvalue weighted by Gasteiger charge is 2.36. The average Bonchev–Trinajstić information content (AvgIpc) is 2.49. The van der Waals surface area contributed by atoms with Crippen molar-refractivity contribution in [3.8, 4) is 5.75 Å². The smallest absolute Gasteiger partial charge is 0.485 e. The minimum Gasteiger partial charge on any atom is -0.741 e. The normalized spacial score (nSPS) is 12.9. The molecule has 0 fully saturated rings. The highest BCUT2D eigenvalue weighted by atomic mass is 32.2. The largest absolute Gasteiger partial charge is 0.741 e. The van der Waals surface area contributed by atoms with Gasteiger partial charge in [-0.3, -0.25) is 0 Å². The van der Waals surface area contributed by atoms with Crippen LogP contribution in [0.3, 0.4) is 0 Å². The first kappa shape index (κ1) is 21.3. The van der Waals surface area contributed by atoms with Crippen LogP contribution in [0.4, 0.5) is 13.2 Å². The molecule has 0 aliphatic rings. The van der Waals surface area contributed by atoms with Gasteiger partial charge in [0.15, 0.2) is 15.0 Å². The molecule has 0 saturated carbocycles. The topological polar surface area (TPSA) is 77.4 Å². The number of halogens is 3. The van der Waals surface area contributed by atoms with Gasteiger partial charge in [-0.15, -0.1) is 0 Å². The number of aromatic hydroxyl groups is 1. The van der Waals surface area contributed by atoms with Gasteiger partial charge in [0.1, 0.15) is 17.8 Å². The van der Waals surface area contributed by atoms with Crippen LogP contribution in [0.1, 0.15) is 11.1 Å². The van der Waals surface area contributed by atoms with Gasteiger partial charge >= 0.3 is 5.51 Å². The number of benzene rings is 2. The van der Waals surface area contributed by atoms with E-state index in [1.807, 2.05) is 12.1 Å². The van der Waals surface area contributed by atoms with E-state index in [0.717, 1.165) is 5.75 Å². The number of alkyl halides is 3. The van der Waals surface area contributed by atoms with Crippen LogP contribution in [-0.4, -0.2) is 29.8 Å². The molecule has 0 spiro atoms. The van der Waals surface area contributed by atoms with E-state index in [2.05, 4.69) is 37.4 Å². The summed E-state index contributed by atoms with van der Waals surface area (Å²) in [4.78, 5) is 1.29. The van der Waals surface area contributed by atoms with Crippen LogP contribution in [-0.2, 0) is 26.8 Å². The summed E-state index contributed by atoms with van der Waals surface area (Å²) >= 11 is 0. The van der Waals surface area contributed by atoms with Crippen LogP contribution in [0.15, 0.2) is 53.4 Å². The second-order valence-corrected chi connectivity index (χ2v) is 8.57. The standard InChI is InChI=1S/C15H16OS.CHF3O3S/c1-12-3-5-13(6-4-12)11-17(2)15-9-7-14(16)8-10-15;2-1(3,4)8(5,6)7/h3-10H,11H2,1-2H3;(H,5,6,7). The molecule has 9 heteroatoms. The molecule has 25 heavy (non-hydrogen) atoms. The molecule has 2 aromatic carbocycles. The lowest BCUT2D eigenvalue weighted by Crippen LogP contribution is -2.21. The maximum Gasteiger partial charge on any atom is 0.485 e. The second kappa shape index (κ2) is 8.59. The van der Waals surface area contributed by atoms with Crippen molar-refractivity contribution in [1.29, 1.82) is 0 Å². The van der Waals surface area contributed by atoms with Gasteiger partial charge in [0.05, 0.1) is 0 Å². The Morgan fingerprint density at radius 2 is 1.48 bits per heavy atom. The van der Waals surface area contributed by atoms with Crippen molar-refractivity contribution < 1.29 is 31.2 Å². The number of hydrogen-bond donors (Lipinski definition) is 1. The molecule has 4 nitrogen and oxygen atoms in total. The first-order chi connectivity index (χ1) is 11.4. The van der Waals surface area contributed by atoms with Crippen LogP contribution < -0.4 is 0 Å². The van der Waals surface area contributed by atoms with Crippen molar-refractivity contribution in [2.75, 3.05) is 6.26 Å². The third-order valence-corrected chi connectivity index (χ3v) is 5.44. The minimum absolute atomic E-state index is 0.190. The number of aryl methyl sites for hydroxylation is 1. The quantitative estimate of drug-likeness (QED) is 0.491. The fourth-order valence-corrected chi connectivity index (χ4v) is 3.16. The summed E-state index contributed by atoms with van der Waals surface area (Å²) in [5.74, 6) is 1.39. The van der Waals surface area contributed by atoms with E-state index in [4.69, 9.17) is 13.0 Å². The van der Waals surface area contributed by atoms with Gasteiger partial charge in [0.2, 0.25) is 0 Å². The van der Waals surface area contributed by atoms with E-state index < -0.39 is 15.6 Å². The molecule has 0 aromatic heterocycles. The Balaban J connectivity index is 0.000000333. The first-order valence-electron chi connectivity index (χ1n) is 6.89. The fraction of sp³-hybridized carbons (Fsp3) is 0.250. The van der Waals surface area contributed by atoms with E-state index in [0.29, 0.717) is 5.75 Å². The van der Waals surface area contributed by atoms with E-state index >= 15 is 0 Å². The minimum atomic E-state index is -6.09. The number of phenols is 1. The van der Waals surface area contributed by atoms with Gasteiger partial charge < -0.3 is 9.66 Å². The van der Waals surface area contributed by atoms with Gasteiger partial charge in [-0.25, -0.2) is 8.42 Å². The maximum absolute atomic E-state index is 10.7. The van der Waals surface area contributed by atoms with Gasteiger partial charge in [0, 0.05) is 16.5 Å². The van der Waals surface area contributed by atoms with Crippen molar-refractivity contribution in [1.82, 2.24) is 0 Å². The predicted molar refractivity (Wildman–Crippen MR) is 90.3 cm³/mol. The molecule has 0 saturated heterocycles. The van der Waals surface area contributed by atoms with Gasteiger partial charge in [-0.1, -0.05) is 29.8 Å². The van der Waals surface area contributed by atoms with Crippen LogP contribution in [0.2, 0.25) is 0 Å². The van der Waals surface area contributed by atoms with Crippen LogP contribution >= 0.6 is 0 Å². The van der Waals surface area contributed by atoms with E-state index in [1.54, 1.807) is 12.1 Å². The SMILES string of the molecule is Cc1ccc(C[S+](C)c2ccc(O)cc2)cc1.O=S(=O)([O-])C(F)(F)F. The molecular weight excluding hydrogens is 377 g/mol. The summed E-state index contributed by atoms with van der Waals surface area (Å²) in [5, 5.41) is 9.26. The van der Waals surface area contributed by atoms with Crippen molar-refractivity contribution >= 4 is 21.0 Å². The third kappa shape index (κ3) is 7.37. The lowest BCUT2D eigenvalue weighted by Gasteiger charge is -2.08. The van der Waals surface area contributed by atoms with E-state index in [-0.39, 0.29) is 10.9 Å². The lowest BCUT2D eigenvalue weighted by atomic mass is 10.2. The molecular formula is C16H17F3O4S2. The molecule has 2 rings (SSSR count). The zero-order valence-corrected chi connectivity index (χ0v) is 15.1. The van der Waals surface area contributed by atoms with Crippen LogP contribution in [0, 0.1) is 6.92 Å². The molecule has 0 amide bonds. The lowest BCUT2D eigenvalue weighted by molar-refractivity contribution is -0.0517. The number of hydrogen-bond acceptors (Lipinski definition) is 4. The van der Waals surface area contributed by atoms with Crippen molar-refractivity contribution in [2.24, 2.45) is 0 Å². The maximum atomic E-state index is 10.7.